The number of hydrogen-bond donors (Lipinski definition) is 0. The van der Waals surface area contributed by atoms with Gasteiger partial charge in [0.25, 0.3) is 0 Å². The third kappa shape index (κ3) is 5.13. The van der Waals surface area contributed by atoms with E-state index in [0.29, 0.717) is 0 Å². The average Bonchev–Trinajstić information content (AvgIpc) is 3.80. The van der Waals surface area contributed by atoms with Crippen LogP contribution in [-0.4, -0.2) is 4.57 Å². The molecule has 0 unspecified atom stereocenters. The number of anilines is 3. The van der Waals surface area contributed by atoms with Crippen LogP contribution in [0.1, 0.15) is 0 Å². The van der Waals surface area contributed by atoms with Gasteiger partial charge in [0, 0.05) is 44.2 Å². The highest BCUT2D eigenvalue weighted by molar-refractivity contribution is 6.23. The van der Waals surface area contributed by atoms with E-state index in [2.05, 4.69) is 210 Å². The predicted molar refractivity (Wildman–Crippen MR) is 231 cm³/mol. The topological polar surface area (TPSA) is 21.3 Å². The van der Waals surface area contributed by atoms with Crippen LogP contribution in [0.25, 0.3) is 82.5 Å². The first kappa shape index (κ1) is 31.2. The van der Waals surface area contributed by atoms with Gasteiger partial charge in [-0.1, -0.05) is 127 Å². The normalized spacial score (nSPS) is 11.6. The van der Waals surface area contributed by atoms with E-state index in [1.165, 1.54) is 43.7 Å². The molecule has 0 bridgehead atoms. The quantitative estimate of drug-likeness (QED) is 0.172. The summed E-state index contributed by atoms with van der Waals surface area (Å²) in [5.74, 6) is 0. The lowest BCUT2D eigenvalue weighted by atomic mass is 9.98. The van der Waals surface area contributed by atoms with Crippen molar-refractivity contribution in [2.45, 2.75) is 0 Å². The maximum atomic E-state index is 6.34. The number of rotatable bonds is 6. The number of furan rings is 1. The Morgan fingerprint density at radius 3 is 1.84 bits per heavy atom. The van der Waals surface area contributed by atoms with Crippen LogP contribution in [0.3, 0.4) is 0 Å². The molecule has 0 aliphatic rings. The van der Waals surface area contributed by atoms with Gasteiger partial charge >= 0.3 is 0 Å². The summed E-state index contributed by atoms with van der Waals surface area (Å²) in [4.78, 5) is 2.37. The van der Waals surface area contributed by atoms with Gasteiger partial charge in [-0.15, -0.1) is 0 Å². The number of benzene rings is 9. The molecule has 0 spiro atoms. The lowest BCUT2D eigenvalue weighted by Crippen LogP contribution is -2.11. The van der Waals surface area contributed by atoms with Gasteiger partial charge in [-0.2, -0.15) is 0 Å². The summed E-state index contributed by atoms with van der Waals surface area (Å²) >= 11 is 0. The standard InChI is InChI=1S/C52H34N2O/c1-4-14-35(15-5-1)36-24-28-41(29-25-36)53(39-16-6-2-7-17-39)47-22-12-10-20-42(47)37-26-30-48-45(32-37)46-34-44-38(33-49(46)54(48)40-18-8-3-9-19-40)27-31-51-52(44)43-21-11-13-23-50(43)55-51/h1-34H. The van der Waals surface area contributed by atoms with Gasteiger partial charge in [0.15, 0.2) is 0 Å². The largest absolute Gasteiger partial charge is 0.456 e. The van der Waals surface area contributed by atoms with Gasteiger partial charge < -0.3 is 13.9 Å². The summed E-state index contributed by atoms with van der Waals surface area (Å²) in [6.45, 7) is 0. The maximum absolute atomic E-state index is 6.34. The second-order valence-electron chi connectivity index (χ2n) is 14.1. The van der Waals surface area contributed by atoms with Gasteiger partial charge in [0.2, 0.25) is 0 Å². The van der Waals surface area contributed by atoms with Crippen LogP contribution < -0.4 is 4.90 Å². The molecule has 0 radical (unpaired) electrons. The summed E-state index contributed by atoms with van der Waals surface area (Å²) in [6.07, 6.45) is 0. The molecule has 0 saturated carbocycles. The SMILES string of the molecule is c1ccc(-c2ccc(N(c3ccccc3)c3ccccc3-c3ccc4c(c3)c3cc5c(ccc6oc7ccccc7c65)cc3n4-c3ccccc3)cc2)cc1. The van der Waals surface area contributed by atoms with E-state index < -0.39 is 0 Å². The molecule has 3 heteroatoms. The first-order valence-corrected chi connectivity index (χ1v) is 18.8. The van der Waals surface area contributed by atoms with E-state index in [-0.39, 0.29) is 0 Å². The molecule has 0 fully saturated rings. The summed E-state index contributed by atoms with van der Waals surface area (Å²) in [6, 6.07) is 73.9. The van der Waals surface area contributed by atoms with Crippen molar-refractivity contribution in [1.29, 1.82) is 0 Å². The van der Waals surface area contributed by atoms with E-state index >= 15 is 0 Å². The van der Waals surface area contributed by atoms with Crippen molar-refractivity contribution in [2.24, 2.45) is 0 Å². The Labute approximate surface area is 318 Å². The van der Waals surface area contributed by atoms with Crippen LogP contribution in [0.2, 0.25) is 0 Å². The lowest BCUT2D eigenvalue weighted by molar-refractivity contribution is 0.669. The van der Waals surface area contributed by atoms with Crippen molar-refractivity contribution in [2.75, 3.05) is 4.90 Å². The first-order chi connectivity index (χ1) is 27.3. The Morgan fingerprint density at radius 2 is 1.02 bits per heavy atom. The lowest BCUT2D eigenvalue weighted by Gasteiger charge is -2.28. The minimum absolute atomic E-state index is 0.910. The molecule has 55 heavy (non-hydrogen) atoms. The summed E-state index contributed by atoms with van der Waals surface area (Å²) in [7, 11) is 0. The number of aromatic nitrogens is 1. The molecule has 0 amide bonds. The zero-order valence-corrected chi connectivity index (χ0v) is 29.9. The van der Waals surface area contributed by atoms with Crippen LogP contribution >= 0.6 is 0 Å². The molecule has 0 N–H and O–H groups in total. The Balaban J connectivity index is 1.14. The molecule has 0 atom stereocenters. The molecule has 2 heterocycles. The first-order valence-electron chi connectivity index (χ1n) is 18.8. The van der Waals surface area contributed by atoms with Crippen molar-refractivity contribution < 1.29 is 4.42 Å². The van der Waals surface area contributed by atoms with Crippen molar-refractivity contribution in [3.05, 3.63) is 206 Å². The van der Waals surface area contributed by atoms with Crippen molar-refractivity contribution in [1.82, 2.24) is 4.57 Å². The summed E-state index contributed by atoms with van der Waals surface area (Å²) in [5.41, 5.74) is 13.3. The third-order valence-corrected chi connectivity index (χ3v) is 11.0. The zero-order valence-electron chi connectivity index (χ0n) is 29.9. The Hall–Kier alpha value is -7.36. The van der Waals surface area contributed by atoms with Crippen LogP contribution in [0.5, 0.6) is 0 Å². The van der Waals surface area contributed by atoms with Gasteiger partial charge in [0.1, 0.15) is 11.2 Å². The molecule has 3 nitrogen and oxygen atoms in total. The van der Waals surface area contributed by atoms with E-state index in [4.69, 9.17) is 4.42 Å². The molecule has 258 valence electrons. The van der Waals surface area contributed by atoms with E-state index in [1.54, 1.807) is 0 Å². The molecule has 9 aromatic carbocycles. The second kappa shape index (κ2) is 12.6. The van der Waals surface area contributed by atoms with E-state index in [0.717, 1.165) is 55.8 Å². The number of hydrogen-bond acceptors (Lipinski definition) is 2. The highest BCUT2D eigenvalue weighted by atomic mass is 16.3. The number of fused-ring (bicyclic) bond motifs is 8. The minimum Gasteiger partial charge on any atom is -0.456 e. The monoisotopic (exact) mass is 702 g/mol. The second-order valence-corrected chi connectivity index (χ2v) is 14.1. The fraction of sp³-hybridized carbons (Fsp3) is 0. The van der Waals surface area contributed by atoms with E-state index in [9.17, 15) is 0 Å². The molecule has 11 aromatic rings. The summed E-state index contributed by atoms with van der Waals surface area (Å²) < 4.78 is 8.74. The van der Waals surface area contributed by atoms with Crippen molar-refractivity contribution in [3.8, 4) is 27.9 Å². The molecule has 11 rings (SSSR count). The fourth-order valence-electron chi connectivity index (χ4n) is 8.43. The van der Waals surface area contributed by atoms with Crippen LogP contribution in [-0.2, 0) is 0 Å². The highest BCUT2D eigenvalue weighted by Crippen LogP contribution is 2.44. The van der Waals surface area contributed by atoms with Crippen LogP contribution in [0, 0.1) is 0 Å². The Bertz CT molecular complexity index is 3180. The van der Waals surface area contributed by atoms with Gasteiger partial charge in [-0.25, -0.2) is 0 Å². The van der Waals surface area contributed by atoms with Gasteiger partial charge in [-0.3, -0.25) is 0 Å². The predicted octanol–water partition coefficient (Wildman–Crippen LogP) is 14.6. The van der Waals surface area contributed by atoms with Gasteiger partial charge in [0.05, 0.1) is 16.7 Å². The third-order valence-electron chi connectivity index (χ3n) is 11.0. The zero-order chi connectivity index (χ0) is 36.3. The number of nitrogens with zero attached hydrogens (tertiary/aromatic N) is 2. The Kier molecular flexibility index (Phi) is 7.17. The fourth-order valence-corrected chi connectivity index (χ4v) is 8.43. The molecule has 0 aliphatic heterocycles. The number of para-hydroxylation sites is 4. The highest BCUT2D eigenvalue weighted by Gasteiger charge is 2.20. The minimum atomic E-state index is 0.910. The van der Waals surface area contributed by atoms with Crippen molar-refractivity contribution in [3.63, 3.8) is 0 Å². The van der Waals surface area contributed by atoms with Gasteiger partial charge in [-0.05, 0) is 106 Å². The molecule has 0 aliphatic carbocycles. The van der Waals surface area contributed by atoms with Crippen molar-refractivity contribution >= 4 is 71.6 Å². The average molecular weight is 703 g/mol. The van der Waals surface area contributed by atoms with Crippen LogP contribution in [0.4, 0.5) is 17.1 Å². The Morgan fingerprint density at radius 1 is 0.382 bits per heavy atom. The molecule has 2 aromatic heterocycles. The molecular weight excluding hydrogens is 669 g/mol. The maximum Gasteiger partial charge on any atom is 0.136 e. The summed E-state index contributed by atoms with van der Waals surface area (Å²) in [5, 5.41) is 7.10. The smallest absolute Gasteiger partial charge is 0.136 e. The van der Waals surface area contributed by atoms with Crippen LogP contribution in [0.15, 0.2) is 211 Å². The van der Waals surface area contributed by atoms with E-state index in [1.807, 2.05) is 6.07 Å². The molecular formula is C52H34N2O. The molecule has 0 saturated heterocycles.